The van der Waals surface area contributed by atoms with Gasteiger partial charge in [0.15, 0.2) is 5.17 Å². The van der Waals surface area contributed by atoms with E-state index in [1.165, 1.54) is 16.7 Å². The summed E-state index contributed by atoms with van der Waals surface area (Å²) in [4.78, 5) is 49.9. The summed E-state index contributed by atoms with van der Waals surface area (Å²) in [6, 6.07) is 14.0. The number of ether oxygens (including phenoxy) is 1. The number of amides is 3. The Labute approximate surface area is 227 Å². The Morgan fingerprint density at radius 2 is 1.97 bits per heavy atom. The quantitative estimate of drug-likeness (QED) is 0.412. The van der Waals surface area contributed by atoms with Gasteiger partial charge in [0.05, 0.1) is 18.0 Å². The fourth-order valence-electron chi connectivity index (χ4n) is 4.20. The van der Waals surface area contributed by atoms with Crippen LogP contribution in [-0.2, 0) is 14.4 Å². The molecule has 4 rings (SSSR count). The molecule has 2 heterocycles. The smallest absolute Gasteiger partial charge is 0.259 e. The number of unbranched alkanes of at least 4 members (excludes halogenated alkanes) is 1. The highest BCUT2D eigenvalue weighted by molar-refractivity contribution is 8.15. The molecule has 2 atom stereocenters. The lowest BCUT2D eigenvalue weighted by Gasteiger charge is -2.27. The predicted octanol–water partition coefficient (Wildman–Crippen LogP) is 4.50. The molecule has 3 amide bonds. The maximum Gasteiger partial charge on any atom is 0.259 e. The average Bonchev–Trinajstić information content (AvgIpc) is 3.27. The number of rotatable bonds is 11. The van der Waals surface area contributed by atoms with Gasteiger partial charge in [-0.15, -0.1) is 0 Å². The third kappa shape index (κ3) is 6.24. The Morgan fingerprint density at radius 3 is 2.74 bits per heavy atom. The second kappa shape index (κ2) is 12.7. The van der Waals surface area contributed by atoms with Crippen LogP contribution in [0.25, 0.3) is 0 Å². The van der Waals surface area contributed by atoms with Gasteiger partial charge in [-0.25, -0.2) is 9.89 Å². The summed E-state index contributed by atoms with van der Waals surface area (Å²) < 4.78 is 5.25. The zero-order valence-electron chi connectivity index (χ0n) is 21.9. The summed E-state index contributed by atoms with van der Waals surface area (Å²) in [5.74, 6) is 0.649. The van der Waals surface area contributed by atoms with Crippen LogP contribution in [0.4, 0.5) is 11.4 Å². The first-order valence-electron chi connectivity index (χ1n) is 12.9. The zero-order chi connectivity index (χ0) is 27.1. The number of para-hydroxylation sites is 1. The van der Waals surface area contributed by atoms with Crippen LogP contribution in [0, 0.1) is 0 Å². The van der Waals surface area contributed by atoms with Crippen molar-refractivity contribution in [1.82, 2.24) is 10.2 Å². The van der Waals surface area contributed by atoms with Gasteiger partial charge >= 0.3 is 0 Å². The summed E-state index contributed by atoms with van der Waals surface area (Å²) in [6.45, 7) is 4.61. The van der Waals surface area contributed by atoms with E-state index >= 15 is 0 Å². The summed E-state index contributed by atoms with van der Waals surface area (Å²) in [6.07, 6.45) is 2.97. The minimum absolute atomic E-state index is 0.0831. The number of carbonyl (C=O) groups is 3. The van der Waals surface area contributed by atoms with Crippen molar-refractivity contribution in [3.05, 3.63) is 54.1 Å². The topological polar surface area (TPSA) is 112 Å². The highest BCUT2D eigenvalue weighted by atomic mass is 32.2. The van der Waals surface area contributed by atoms with Crippen molar-refractivity contribution in [2.24, 2.45) is 9.98 Å². The molecule has 0 radical (unpaired) electrons. The van der Waals surface area contributed by atoms with E-state index in [0.29, 0.717) is 47.5 Å². The molecule has 200 valence electrons. The van der Waals surface area contributed by atoms with E-state index in [4.69, 9.17) is 14.7 Å². The van der Waals surface area contributed by atoms with Crippen LogP contribution in [0.1, 0.15) is 51.5 Å². The standard InChI is InChI=1S/C28H33N5O4S/c1-4-6-16-29-24(34)15-14-22-27(36)33-25(31-22)20-12-7-8-13-21(20)32-28(33)38-23(5-2)26(35)30-18-10-9-11-19(17-18)37-3/h7-13,17,22-23H,4-6,14-16H2,1-3H3,(H,29,34)(H,30,35)/t22-,23-/m1/s1. The lowest BCUT2D eigenvalue weighted by molar-refractivity contribution is -0.125. The van der Waals surface area contributed by atoms with Crippen LogP contribution in [0.5, 0.6) is 5.75 Å². The van der Waals surface area contributed by atoms with E-state index in [9.17, 15) is 14.4 Å². The first-order valence-corrected chi connectivity index (χ1v) is 13.8. The summed E-state index contributed by atoms with van der Waals surface area (Å²) in [5, 5.41) is 5.74. The molecule has 0 unspecified atom stereocenters. The zero-order valence-corrected chi connectivity index (χ0v) is 22.7. The molecule has 2 aliphatic rings. The van der Waals surface area contributed by atoms with Crippen molar-refractivity contribution in [2.75, 3.05) is 19.0 Å². The largest absolute Gasteiger partial charge is 0.497 e. The number of methoxy groups -OCH3 is 1. The van der Waals surface area contributed by atoms with Crippen LogP contribution in [0.3, 0.4) is 0 Å². The Kier molecular flexibility index (Phi) is 9.17. The first kappa shape index (κ1) is 27.4. The van der Waals surface area contributed by atoms with Crippen molar-refractivity contribution < 1.29 is 19.1 Å². The number of hydrogen-bond acceptors (Lipinski definition) is 7. The molecule has 0 saturated carbocycles. The lowest BCUT2D eigenvalue weighted by Crippen LogP contribution is -2.42. The summed E-state index contributed by atoms with van der Waals surface area (Å²) in [5.41, 5.74) is 2.08. The molecular weight excluding hydrogens is 502 g/mol. The number of carbonyl (C=O) groups excluding carboxylic acids is 3. The highest BCUT2D eigenvalue weighted by Crippen LogP contribution is 2.36. The molecule has 0 aromatic heterocycles. The van der Waals surface area contributed by atoms with E-state index in [-0.39, 0.29) is 24.1 Å². The molecule has 2 aliphatic heterocycles. The number of aliphatic imine (C=N–C) groups is 2. The molecule has 9 nitrogen and oxygen atoms in total. The van der Waals surface area contributed by atoms with Gasteiger partial charge in [-0.2, -0.15) is 0 Å². The molecule has 0 saturated heterocycles. The maximum absolute atomic E-state index is 13.5. The predicted molar refractivity (Wildman–Crippen MR) is 151 cm³/mol. The van der Waals surface area contributed by atoms with Crippen molar-refractivity contribution in [3.63, 3.8) is 0 Å². The van der Waals surface area contributed by atoms with E-state index in [1.54, 1.807) is 31.4 Å². The van der Waals surface area contributed by atoms with Gasteiger partial charge in [-0.05, 0) is 43.5 Å². The van der Waals surface area contributed by atoms with Gasteiger partial charge in [0, 0.05) is 30.3 Å². The van der Waals surface area contributed by atoms with Gasteiger partial charge in [0.2, 0.25) is 11.8 Å². The number of thioether (sulfide) groups is 1. The molecule has 0 spiro atoms. The van der Waals surface area contributed by atoms with Crippen LogP contribution < -0.4 is 15.4 Å². The van der Waals surface area contributed by atoms with Crippen molar-refractivity contribution in [3.8, 4) is 5.75 Å². The SMILES string of the molecule is CCCCNC(=O)CC[C@H]1N=C2c3ccccc3N=C(S[C@H](CC)C(=O)Nc3cccc(OC)c3)N2C1=O. The summed E-state index contributed by atoms with van der Waals surface area (Å²) in [7, 11) is 1.57. The Morgan fingerprint density at radius 1 is 1.16 bits per heavy atom. The minimum atomic E-state index is -0.676. The number of anilines is 1. The van der Waals surface area contributed by atoms with Crippen LogP contribution in [0.2, 0.25) is 0 Å². The molecule has 2 N–H and O–H groups in total. The minimum Gasteiger partial charge on any atom is -0.497 e. The second-order valence-electron chi connectivity index (χ2n) is 9.03. The Balaban J connectivity index is 1.51. The van der Waals surface area contributed by atoms with E-state index in [2.05, 4.69) is 17.6 Å². The fraction of sp³-hybridized carbons (Fsp3) is 0.393. The third-order valence-corrected chi connectivity index (χ3v) is 7.61. The monoisotopic (exact) mass is 535 g/mol. The third-order valence-electron chi connectivity index (χ3n) is 6.29. The normalized spacial score (nSPS) is 16.7. The number of amidine groups is 2. The lowest BCUT2D eigenvalue weighted by atomic mass is 10.1. The van der Waals surface area contributed by atoms with Crippen molar-refractivity contribution in [1.29, 1.82) is 0 Å². The molecular formula is C28H33N5O4S. The molecule has 0 aliphatic carbocycles. The average molecular weight is 536 g/mol. The van der Waals surface area contributed by atoms with Crippen LogP contribution in [-0.4, -0.2) is 58.6 Å². The molecule has 10 heteroatoms. The Hall–Kier alpha value is -3.66. The van der Waals surface area contributed by atoms with Crippen LogP contribution in [0.15, 0.2) is 58.5 Å². The van der Waals surface area contributed by atoms with E-state index in [1.807, 2.05) is 31.2 Å². The number of nitrogens with zero attached hydrogens (tertiary/aromatic N) is 3. The molecule has 0 fully saturated rings. The number of benzene rings is 2. The van der Waals surface area contributed by atoms with Gasteiger partial charge in [0.1, 0.15) is 17.6 Å². The van der Waals surface area contributed by atoms with Gasteiger partial charge in [-0.3, -0.25) is 19.4 Å². The van der Waals surface area contributed by atoms with Gasteiger partial charge in [0.25, 0.3) is 5.91 Å². The number of hydrogen-bond donors (Lipinski definition) is 2. The summed E-state index contributed by atoms with van der Waals surface area (Å²) >= 11 is 1.24. The fourth-order valence-corrected chi connectivity index (χ4v) is 5.22. The van der Waals surface area contributed by atoms with Crippen molar-refractivity contribution in [2.45, 2.75) is 57.2 Å². The maximum atomic E-state index is 13.5. The highest BCUT2D eigenvalue weighted by Gasteiger charge is 2.42. The number of nitrogens with one attached hydrogen (secondary N) is 2. The molecule has 2 aromatic carbocycles. The molecule has 2 aromatic rings. The van der Waals surface area contributed by atoms with Crippen LogP contribution >= 0.6 is 11.8 Å². The van der Waals surface area contributed by atoms with E-state index in [0.717, 1.165) is 18.4 Å². The molecule has 38 heavy (non-hydrogen) atoms. The van der Waals surface area contributed by atoms with Crippen molar-refractivity contribution >= 4 is 51.9 Å². The number of fused-ring (bicyclic) bond motifs is 3. The first-order chi connectivity index (χ1) is 18.4. The molecule has 0 bridgehead atoms. The second-order valence-corrected chi connectivity index (χ2v) is 10.2. The Bertz CT molecular complexity index is 1260. The van der Waals surface area contributed by atoms with Gasteiger partial charge in [-0.1, -0.05) is 50.2 Å². The van der Waals surface area contributed by atoms with Gasteiger partial charge < -0.3 is 15.4 Å². The van der Waals surface area contributed by atoms with E-state index < -0.39 is 11.3 Å².